The highest BCUT2D eigenvalue weighted by Gasteiger charge is 2.03. The van der Waals surface area contributed by atoms with Gasteiger partial charge in [0, 0.05) is 6.08 Å². The zero-order valence-electron chi connectivity index (χ0n) is 11.2. The van der Waals surface area contributed by atoms with Crippen molar-refractivity contribution in [2.45, 2.75) is 52.4 Å². The number of hydroxylamine groups is 1. The van der Waals surface area contributed by atoms with Crippen molar-refractivity contribution in [2.75, 3.05) is 6.61 Å². The number of unbranched alkanes of at least 4 members (excludes halogenated alkanes) is 4. The van der Waals surface area contributed by atoms with Gasteiger partial charge in [-0.2, -0.15) is 0 Å². The third-order valence-corrected chi connectivity index (χ3v) is 2.19. The van der Waals surface area contributed by atoms with Gasteiger partial charge in [0.05, 0.1) is 6.61 Å². The normalized spacial score (nSPS) is 10.3. The van der Waals surface area contributed by atoms with Crippen LogP contribution in [0, 0.1) is 0 Å². The van der Waals surface area contributed by atoms with Crippen LogP contribution in [0.15, 0.2) is 12.2 Å². The van der Waals surface area contributed by atoms with Crippen molar-refractivity contribution in [3.63, 3.8) is 0 Å². The summed E-state index contributed by atoms with van der Waals surface area (Å²) in [6, 6.07) is 0. The highest BCUT2D eigenvalue weighted by Crippen LogP contribution is 1.99. The van der Waals surface area contributed by atoms with E-state index in [2.05, 4.69) is 11.8 Å². The number of carbonyl (C=O) groups excluding carboxylic acids is 2. The molecule has 0 rings (SSSR count). The number of allylic oxidation sites excluding steroid dienone is 1. The van der Waals surface area contributed by atoms with Crippen molar-refractivity contribution in [1.82, 2.24) is 5.48 Å². The predicted octanol–water partition coefficient (Wildman–Crippen LogP) is 3.11. The second-order valence-electron chi connectivity index (χ2n) is 3.91. The maximum absolute atomic E-state index is 11.1. The number of ether oxygens (including phenoxy) is 1. The number of hydrogen-bond acceptors (Lipinski definition) is 4. The molecule has 1 amide bonds. The maximum atomic E-state index is 11.1. The Morgan fingerprint density at radius 1 is 1.11 bits per heavy atom. The van der Waals surface area contributed by atoms with Crippen LogP contribution >= 0.6 is 0 Å². The first-order valence-corrected chi connectivity index (χ1v) is 6.50. The molecule has 0 aliphatic carbocycles. The minimum absolute atomic E-state index is 0.326. The van der Waals surface area contributed by atoms with E-state index >= 15 is 0 Å². The summed E-state index contributed by atoms with van der Waals surface area (Å²) in [4.78, 5) is 26.6. The molecule has 0 atom stereocenters. The van der Waals surface area contributed by atoms with Crippen LogP contribution < -0.4 is 5.48 Å². The SMILES string of the molecule is CCCCCC=CC(=O)ONC(=O)OCCCC. The third kappa shape index (κ3) is 11.0. The van der Waals surface area contributed by atoms with E-state index in [-0.39, 0.29) is 0 Å². The van der Waals surface area contributed by atoms with E-state index in [1.54, 1.807) is 6.08 Å². The van der Waals surface area contributed by atoms with Gasteiger partial charge in [-0.3, -0.25) is 0 Å². The summed E-state index contributed by atoms with van der Waals surface area (Å²) in [6.45, 7) is 4.43. The first kappa shape index (κ1) is 16.5. The first-order valence-electron chi connectivity index (χ1n) is 6.50. The number of hydrogen-bond donors (Lipinski definition) is 1. The van der Waals surface area contributed by atoms with Crippen molar-refractivity contribution in [3.8, 4) is 0 Å². The molecular weight excluding hydrogens is 234 g/mol. The Bertz CT molecular complexity index is 264. The van der Waals surface area contributed by atoms with E-state index in [1.165, 1.54) is 6.08 Å². The van der Waals surface area contributed by atoms with Gasteiger partial charge in [-0.05, 0) is 19.3 Å². The van der Waals surface area contributed by atoms with Crippen LogP contribution in [0.3, 0.4) is 0 Å². The van der Waals surface area contributed by atoms with Gasteiger partial charge in [-0.25, -0.2) is 9.59 Å². The largest absolute Gasteiger partial charge is 0.447 e. The van der Waals surface area contributed by atoms with E-state index in [4.69, 9.17) is 4.74 Å². The summed E-state index contributed by atoms with van der Waals surface area (Å²) in [6.07, 6.45) is 8.20. The first-order chi connectivity index (χ1) is 8.70. The topological polar surface area (TPSA) is 64.6 Å². The van der Waals surface area contributed by atoms with Crippen LogP contribution in [0.5, 0.6) is 0 Å². The molecule has 0 radical (unpaired) electrons. The zero-order chi connectivity index (χ0) is 13.6. The summed E-state index contributed by atoms with van der Waals surface area (Å²) in [5, 5.41) is 0. The zero-order valence-corrected chi connectivity index (χ0v) is 11.2. The Morgan fingerprint density at radius 2 is 1.83 bits per heavy atom. The third-order valence-electron chi connectivity index (χ3n) is 2.19. The fraction of sp³-hybridized carbons (Fsp3) is 0.692. The molecule has 0 aliphatic heterocycles. The van der Waals surface area contributed by atoms with Gasteiger partial charge in [0.25, 0.3) is 0 Å². The number of carbonyl (C=O) groups is 2. The lowest BCUT2D eigenvalue weighted by atomic mass is 10.2. The summed E-state index contributed by atoms with van der Waals surface area (Å²) >= 11 is 0. The molecule has 0 unspecified atom stereocenters. The van der Waals surface area contributed by atoms with E-state index in [0.717, 1.165) is 38.5 Å². The maximum Gasteiger partial charge on any atom is 0.440 e. The second kappa shape index (κ2) is 12.0. The fourth-order valence-electron chi connectivity index (χ4n) is 1.16. The Balaban J connectivity index is 3.54. The summed E-state index contributed by atoms with van der Waals surface area (Å²) in [5.41, 5.74) is 1.93. The molecule has 0 aromatic rings. The average Bonchev–Trinajstić information content (AvgIpc) is 2.36. The van der Waals surface area contributed by atoms with Gasteiger partial charge in [-0.15, -0.1) is 5.48 Å². The Hall–Kier alpha value is -1.52. The fourth-order valence-corrected chi connectivity index (χ4v) is 1.16. The van der Waals surface area contributed by atoms with E-state index in [1.807, 2.05) is 12.4 Å². The standard InChI is InChI=1S/C13H23NO4/c1-3-5-7-8-9-10-12(15)18-14-13(16)17-11-6-4-2/h9-10H,3-8,11H2,1-2H3,(H,14,16). The van der Waals surface area contributed by atoms with E-state index in [9.17, 15) is 9.59 Å². The van der Waals surface area contributed by atoms with Gasteiger partial charge in [0.2, 0.25) is 0 Å². The van der Waals surface area contributed by atoms with Gasteiger partial charge >= 0.3 is 12.1 Å². The number of amides is 1. The smallest absolute Gasteiger partial charge is 0.440 e. The Kier molecular flexibility index (Phi) is 10.9. The van der Waals surface area contributed by atoms with Gasteiger partial charge in [-0.1, -0.05) is 39.2 Å². The molecule has 0 aromatic carbocycles. The molecule has 0 fully saturated rings. The number of nitrogens with one attached hydrogen (secondary N) is 1. The highest BCUT2D eigenvalue weighted by atomic mass is 16.7. The highest BCUT2D eigenvalue weighted by molar-refractivity contribution is 5.82. The van der Waals surface area contributed by atoms with Crippen LogP contribution in [0.1, 0.15) is 52.4 Å². The summed E-state index contributed by atoms with van der Waals surface area (Å²) < 4.78 is 4.74. The summed E-state index contributed by atoms with van der Waals surface area (Å²) in [7, 11) is 0. The quantitative estimate of drug-likeness (QED) is 0.412. The molecule has 0 saturated heterocycles. The van der Waals surface area contributed by atoms with Crippen molar-refractivity contribution in [1.29, 1.82) is 0 Å². The van der Waals surface area contributed by atoms with Crippen molar-refractivity contribution >= 4 is 12.1 Å². The van der Waals surface area contributed by atoms with Gasteiger partial charge in [0.1, 0.15) is 0 Å². The van der Waals surface area contributed by atoms with Crippen LogP contribution in [-0.2, 0) is 14.4 Å². The minimum atomic E-state index is -0.740. The van der Waals surface area contributed by atoms with Crippen LogP contribution in [0.2, 0.25) is 0 Å². The molecule has 0 saturated carbocycles. The van der Waals surface area contributed by atoms with E-state index in [0.29, 0.717) is 6.61 Å². The molecule has 0 aliphatic rings. The molecule has 1 N–H and O–H groups in total. The lowest BCUT2D eigenvalue weighted by molar-refractivity contribution is -0.143. The lowest BCUT2D eigenvalue weighted by Gasteiger charge is -2.04. The van der Waals surface area contributed by atoms with Crippen LogP contribution in [0.25, 0.3) is 0 Å². The van der Waals surface area contributed by atoms with E-state index < -0.39 is 12.1 Å². The van der Waals surface area contributed by atoms with Gasteiger partial charge < -0.3 is 9.57 Å². The predicted molar refractivity (Wildman–Crippen MR) is 68.8 cm³/mol. The Morgan fingerprint density at radius 3 is 2.50 bits per heavy atom. The minimum Gasteiger partial charge on any atom is -0.447 e. The molecule has 5 heteroatoms. The molecule has 104 valence electrons. The monoisotopic (exact) mass is 257 g/mol. The lowest BCUT2D eigenvalue weighted by Crippen LogP contribution is -2.27. The van der Waals surface area contributed by atoms with Crippen LogP contribution in [-0.4, -0.2) is 18.7 Å². The average molecular weight is 257 g/mol. The molecule has 0 heterocycles. The molecule has 18 heavy (non-hydrogen) atoms. The molecule has 0 aromatic heterocycles. The molecule has 0 bridgehead atoms. The van der Waals surface area contributed by atoms with Crippen LogP contribution in [0.4, 0.5) is 4.79 Å². The molecule has 5 nitrogen and oxygen atoms in total. The van der Waals surface area contributed by atoms with Gasteiger partial charge in [0.15, 0.2) is 0 Å². The number of rotatable bonds is 8. The van der Waals surface area contributed by atoms with Crippen molar-refractivity contribution < 1.29 is 19.2 Å². The Labute approximate surface area is 108 Å². The van der Waals surface area contributed by atoms with Crippen molar-refractivity contribution in [2.24, 2.45) is 0 Å². The molecular formula is C13H23NO4. The molecule has 0 spiro atoms. The van der Waals surface area contributed by atoms with Crippen molar-refractivity contribution in [3.05, 3.63) is 12.2 Å². The second-order valence-corrected chi connectivity index (χ2v) is 3.91. The summed E-state index contributed by atoms with van der Waals surface area (Å²) in [5.74, 6) is -0.598.